The number of H-pyrrole nitrogens is 1. The van der Waals surface area contributed by atoms with E-state index in [-0.39, 0.29) is 11.7 Å². The Bertz CT molecular complexity index is 853. The standard InChI is InChI=1S/C18H15FN2O2/c19-15-5-6-16-14(10-21-17(16)9-15)7-8-20-18(23)13-3-1-12(11-22)2-4-13/h1-6,9-11,21H,7-8H2,(H,20,23). The van der Waals surface area contributed by atoms with Crippen molar-refractivity contribution in [3.05, 3.63) is 71.2 Å². The maximum Gasteiger partial charge on any atom is 0.251 e. The topological polar surface area (TPSA) is 62.0 Å². The van der Waals surface area contributed by atoms with Crippen molar-refractivity contribution >= 4 is 23.1 Å². The van der Waals surface area contributed by atoms with Gasteiger partial charge in [0.05, 0.1) is 0 Å². The van der Waals surface area contributed by atoms with Crippen molar-refractivity contribution in [3.63, 3.8) is 0 Å². The minimum absolute atomic E-state index is 0.187. The SMILES string of the molecule is O=Cc1ccc(C(=O)NCCc2c[nH]c3cc(F)ccc23)cc1. The highest BCUT2D eigenvalue weighted by atomic mass is 19.1. The molecular formula is C18H15FN2O2. The molecule has 0 fully saturated rings. The molecule has 1 aromatic heterocycles. The molecule has 5 heteroatoms. The molecule has 1 amide bonds. The molecule has 3 rings (SSSR count). The number of carbonyl (C=O) groups is 2. The van der Waals surface area contributed by atoms with Gasteiger partial charge in [0.1, 0.15) is 12.1 Å². The van der Waals surface area contributed by atoms with Crippen LogP contribution in [0.3, 0.4) is 0 Å². The van der Waals surface area contributed by atoms with Gasteiger partial charge < -0.3 is 10.3 Å². The van der Waals surface area contributed by atoms with Gasteiger partial charge in [-0.3, -0.25) is 9.59 Å². The lowest BCUT2D eigenvalue weighted by Crippen LogP contribution is -2.25. The summed E-state index contributed by atoms with van der Waals surface area (Å²) in [7, 11) is 0. The molecule has 0 unspecified atom stereocenters. The Hall–Kier alpha value is -2.95. The molecule has 0 aliphatic rings. The molecule has 0 saturated carbocycles. The second-order valence-corrected chi connectivity index (χ2v) is 5.25. The van der Waals surface area contributed by atoms with Crippen LogP contribution in [0.25, 0.3) is 10.9 Å². The van der Waals surface area contributed by atoms with Gasteiger partial charge in [-0.25, -0.2) is 4.39 Å². The smallest absolute Gasteiger partial charge is 0.251 e. The number of fused-ring (bicyclic) bond motifs is 1. The first-order valence-electron chi connectivity index (χ1n) is 7.26. The highest BCUT2D eigenvalue weighted by molar-refractivity contribution is 5.94. The van der Waals surface area contributed by atoms with E-state index in [2.05, 4.69) is 10.3 Å². The number of rotatable bonds is 5. The second kappa shape index (κ2) is 6.44. The minimum Gasteiger partial charge on any atom is -0.361 e. The van der Waals surface area contributed by atoms with Crippen molar-refractivity contribution in [1.82, 2.24) is 10.3 Å². The molecule has 2 aromatic carbocycles. The molecule has 4 nitrogen and oxygen atoms in total. The van der Waals surface area contributed by atoms with Crippen LogP contribution < -0.4 is 5.32 Å². The van der Waals surface area contributed by atoms with Gasteiger partial charge >= 0.3 is 0 Å². The third kappa shape index (κ3) is 3.29. The molecule has 116 valence electrons. The number of aromatic nitrogens is 1. The van der Waals surface area contributed by atoms with Crippen LogP contribution in [0, 0.1) is 5.82 Å². The lowest BCUT2D eigenvalue weighted by atomic mass is 10.1. The van der Waals surface area contributed by atoms with Crippen LogP contribution in [0.4, 0.5) is 4.39 Å². The van der Waals surface area contributed by atoms with Crippen LogP contribution in [0.5, 0.6) is 0 Å². The number of aromatic amines is 1. The zero-order chi connectivity index (χ0) is 16.2. The first kappa shape index (κ1) is 15.0. The van der Waals surface area contributed by atoms with Crippen LogP contribution in [-0.2, 0) is 6.42 Å². The van der Waals surface area contributed by atoms with E-state index < -0.39 is 0 Å². The molecule has 23 heavy (non-hydrogen) atoms. The van der Waals surface area contributed by atoms with E-state index in [1.54, 1.807) is 30.3 Å². The Morgan fingerprint density at radius 1 is 1.17 bits per heavy atom. The highest BCUT2D eigenvalue weighted by Gasteiger charge is 2.07. The normalized spacial score (nSPS) is 10.7. The molecule has 0 bridgehead atoms. The van der Waals surface area contributed by atoms with Crippen LogP contribution >= 0.6 is 0 Å². The molecule has 0 aliphatic heterocycles. The fourth-order valence-electron chi connectivity index (χ4n) is 2.49. The molecular weight excluding hydrogens is 295 g/mol. The predicted octanol–water partition coefficient (Wildman–Crippen LogP) is 3.09. The van der Waals surface area contributed by atoms with Crippen LogP contribution in [0.2, 0.25) is 0 Å². The molecule has 0 atom stereocenters. The van der Waals surface area contributed by atoms with Gasteiger partial charge in [0.2, 0.25) is 0 Å². The summed E-state index contributed by atoms with van der Waals surface area (Å²) in [5.74, 6) is -0.466. The van der Waals surface area contributed by atoms with E-state index in [4.69, 9.17) is 0 Å². The third-order valence-electron chi connectivity index (χ3n) is 3.72. The summed E-state index contributed by atoms with van der Waals surface area (Å²) in [6.07, 6.45) is 3.21. The van der Waals surface area contributed by atoms with Gasteiger partial charge in [-0.15, -0.1) is 0 Å². The minimum atomic E-state index is -0.280. The summed E-state index contributed by atoms with van der Waals surface area (Å²) < 4.78 is 13.1. The van der Waals surface area contributed by atoms with Gasteiger partial charge in [0.25, 0.3) is 5.91 Å². The summed E-state index contributed by atoms with van der Waals surface area (Å²) in [5, 5.41) is 3.79. The fraction of sp³-hybridized carbons (Fsp3) is 0.111. The number of halogens is 1. The molecule has 0 saturated heterocycles. The summed E-state index contributed by atoms with van der Waals surface area (Å²) in [4.78, 5) is 25.6. The predicted molar refractivity (Wildman–Crippen MR) is 86.1 cm³/mol. The largest absolute Gasteiger partial charge is 0.361 e. The van der Waals surface area contributed by atoms with E-state index in [0.29, 0.717) is 24.1 Å². The number of hydrogen-bond donors (Lipinski definition) is 2. The molecule has 0 aliphatic carbocycles. The third-order valence-corrected chi connectivity index (χ3v) is 3.72. The maximum atomic E-state index is 13.1. The number of aldehydes is 1. The Labute approximate surface area is 132 Å². The molecule has 0 spiro atoms. The summed E-state index contributed by atoms with van der Waals surface area (Å²) >= 11 is 0. The lowest BCUT2D eigenvalue weighted by molar-refractivity contribution is 0.0953. The van der Waals surface area contributed by atoms with E-state index >= 15 is 0 Å². The van der Waals surface area contributed by atoms with E-state index in [1.165, 1.54) is 12.1 Å². The maximum absolute atomic E-state index is 13.1. The number of nitrogens with one attached hydrogen (secondary N) is 2. The summed E-state index contributed by atoms with van der Waals surface area (Å²) in [5.41, 5.74) is 2.82. The molecule has 1 heterocycles. The monoisotopic (exact) mass is 310 g/mol. The summed E-state index contributed by atoms with van der Waals surface area (Å²) in [6.45, 7) is 0.471. The number of carbonyl (C=O) groups excluding carboxylic acids is 2. The van der Waals surface area contributed by atoms with Crippen molar-refractivity contribution in [2.45, 2.75) is 6.42 Å². The Kier molecular flexibility index (Phi) is 4.19. The van der Waals surface area contributed by atoms with Crippen molar-refractivity contribution in [1.29, 1.82) is 0 Å². The van der Waals surface area contributed by atoms with Gasteiger partial charge in [-0.2, -0.15) is 0 Å². The quantitative estimate of drug-likeness (QED) is 0.711. The van der Waals surface area contributed by atoms with Crippen LogP contribution in [-0.4, -0.2) is 23.7 Å². The van der Waals surface area contributed by atoms with Crippen molar-refractivity contribution in [2.75, 3.05) is 6.54 Å². The molecule has 3 aromatic rings. The molecule has 2 N–H and O–H groups in total. The first-order chi connectivity index (χ1) is 11.2. The average molecular weight is 310 g/mol. The summed E-state index contributed by atoms with van der Waals surface area (Å²) in [6, 6.07) is 11.1. The second-order valence-electron chi connectivity index (χ2n) is 5.25. The first-order valence-corrected chi connectivity index (χ1v) is 7.26. The van der Waals surface area contributed by atoms with E-state index in [9.17, 15) is 14.0 Å². The fourth-order valence-corrected chi connectivity index (χ4v) is 2.49. The zero-order valence-corrected chi connectivity index (χ0v) is 12.3. The van der Waals surface area contributed by atoms with Gasteiger partial charge in [-0.1, -0.05) is 12.1 Å². The Morgan fingerprint density at radius 3 is 2.70 bits per heavy atom. The van der Waals surface area contributed by atoms with Gasteiger partial charge in [-0.05, 0) is 42.3 Å². The lowest BCUT2D eigenvalue weighted by Gasteiger charge is -2.05. The Balaban J connectivity index is 1.61. The number of hydrogen-bond acceptors (Lipinski definition) is 2. The van der Waals surface area contributed by atoms with Crippen molar-refractivity contribution < 1.29 is 14.0 Å². The number of benzene rings is 2. The number of amides is 1. The Morgan fingerprint density at radius 2 is 1.96 bits per heavy atom. The van der Waals surface area contributed by atoms with E-state index in [1.807, 2.05) is 6.20 Å². The van der Waals surface area contributed by atoms with Gasteiger partial charge in [0.15, 0.2) is 0 Å². The average Bonchev–Trinajstić information content (AvgIpc) is 2.97. The highest BCUT2D eigenvalue weighted by Crippen LogP contribution is 2.19. The van der Waals surface area contributed by atoms with E-state index in [0.717, 1.165) is 22.8 Å². The molecule has 0 radical (unpaired) electrons. The van der Waals surface area contributed by atoms with Crippen LogP contribution in [0.1, 0.15) is 26.3 Å². The zero-order valence-electron chi connectivity index (χ0n) is 12.3. The van der Waals surface area contributed by atoms with Gasteiger partial charge in [0, 0.05) is 34.8 Å². The van der Waals surface area contributed by atoms with Crippen LogP contribution in [0.15, 0.2) is 48.7 Å². The van der Waals surface area contributed by atoms with Crippen molar-refractivity contribution in [3.8, 4) is 0 Å². The van der Waals surface area contributed by atoms with Crippen molar-refractivity contribution in [2.24, 2.45) is 0 Å².